The van der Waals surface area contributed by atoms with Crippen LogP contribution in [0.2, 0.25) is 0 Å². The lowest BCUT2D eigenvalue weighted by Crippen LogP contribution is -2.46. The molecular weight excluding hydrogens is 168 g/mol. The Morgan fingerprint density at radius 2 is 1.50 bits per heavy atom. The van der Waals surface area contributed by atoms with Gasteiger partial charge in [0, 0.05) is 0 Å². The first-order valence-corrected chi connectivity index (χ1v) is 3.31. The van der Waals surface area contributed by atoms with E-state index in [9.17, 15) is 9.90 Å². The summed E-state index contributed by atoms with van der Waals surface area (Å²) in [6.07, 6.45) is -7.18. The Morgan fingerprint density at radius 3 is 1.75 bits per heavy atom. The molecule has 6 nitrogen and oxygen atoms in total. The van der Waals surface area contributed by atoms with Crippen molar-refractivity contribution in [1.29, 1.82) is 0 Å². The first-order chi connectivity index (χ1) is 5.37. The number of aliphatic hydroxyl groups excluding tert-OH is 4. The van der Waals surface area contributed by atoms with E-state index in [1.165, 1.54) is 0 Å². The van der Waals surface area contributed by atoms with Gasteiger partial charge in [-0.2, -0.15) is 0 Å². The van der Waals surface area contributed by atoms with Crippen molar-refractivity contribution >= 4 is 5.97 Å². The summed E-state index contributed by atoms with van der Waals surface area (Å²) in [5.74, 6) is -1.90. The molecule has 0 aromatic heterocycles. The molecule has 0 bridgehead atoms. The zero-order valence-corrected chi connectivity index (χ0v) is 6.41. The molecule has 71 valence electrons. The molecule has 0 unspecified atom stereocenters. The fourth-order valence-electron chi connectivity index (χ4n) is 0.612. The molecule has 0 heterocycles. The maximum atomic E-state index is 9.95. The highest BCUT2D eigenvalue weighted by molar-refractivity contribution is 5.72. The SMILES string of the molecule is C[C@@H](O)[C@@H](O)[C@H](O)[C@@H](O)C([O])=O. The molecule has 0 aliphatic rings. The van der Waals surface area contributed by atoms with Gasteiger partial charge in [-0.3, -0.25) is 0 Å². The molecule has 12 heavy (non-hydrogen) atoms. The number of hydrogen-bond donors (Lipinski definition) is 4. The number of carbonyl (C=O) groups is 1. The van der Waals surface area contributed by atoms with Gasteiger partial charge in [-0.15, -0.1) is 0 Å². The molecular formula is C6H11O6. The third kappa shape index (κ3) is 2.74. The third-order valence-electron chi connectivity index (χ3n) is 1.41. The maximum Gasteiger partial charge on any atom is 0.386 e. The van der Waals surface area contributed by atoms with Crippen LogP contribution >= 0.6 is 0 Å². The second kappa shape index (κ2) is 4.36. The molecule has 6 heteroatoms. The van der Waals surface area contributed by atoms with E-state index in [4.69, 9.17) is 20.4 Å². The lowest BCUT2D eigenvalue weighted by atomic mass is 10.0. The Kier molecular flexibility index (Phi) is 4.11. The molecule has 1 radical (unpaired) electrons. The largest absolute Gasteiger partial charge is 0.391 e. The Morgan fingerprint density at radius 1 is 1.08 bits per heavy atom. The summed E-state index contributed by atoms with van der Waals surface area (Å²) in [5, 5.41) is 45.0. The minimum Gasteiger partial charge on any atom is -0.391 e. The summed E-state index contributed by atoms with van der Waals surface area (Å²) < 4.78 is 0. The lowest BCUT2D eigenvalue weighted by Gasteiger charge is -2.21. The third-order valence-corrected chi connectivity index (χ3v) is 1.41. The molecule has 0 saturated heterocycles. The van der Waals surface area contributed by atoms with Crippen LogP contribution in [0.15, 0.2) is 0 Å². The van der Waals surface area contributed by atoms with Gasteiger partial charge in [-0.1, -0.05) is 0 Å². The number of aliphatic hydroxyl groups is 4. The Balaban J connectivity index is 4.18. The predicted molar refractivity (Wildman–Crippen MR) is 35.4 cm³/mol. The average molecular weight is 179 g/mol. The molecule has 0 aromatic carbocycles. The van der Waals surface area contributed by atoms with E-state index in [1.54, 1.807) is 0 Å². The van der Waals surface area contributed by atoms with Gasteiger partial charge in [0.1, 0.15) is 12.2 Å². The molecule has 0 saturated carbocycles. The van der Waals surface area contributed by atoms with Gasteiger partial charge >= 0.3 is 5.97 Å². The topological polar surface area (TPSA) is 118 Å². The second-order valence-corrected chi connectivity index (χ2v) is 2.49. The number of hydrogen-bond acceptors (Lipinski definition) is 5. The fraction of sp³-hybridized carbons (Fsp3) is 0.833. The normalized spacial score (nSPS) is 21.1. The van der Waals surface area contributed by atoms with Gasteiger partial charge in [-0.05, 0) is 6.92 Å². The summed E-state index contributed by atoms with van der Waals surface area (Å²) in [6, 6.07) is 0. The lowest BCUT2D eigenvalue weighted by molar-refractivity contribution is -0.168. The summed E-state index contributed by atoms with van der Waals surface area (Å²) in [7, 11) is 0. The first kappa shape index (κ1) is 11.3. The van der Waals surface area contributed by atoms with Gasteiger partial charge in [0.15, 0.2) is 6.10 Å². The zero-order valence-electron chi connectivity index (χ0n) is 6.41. The van der Waals surface area contributed by atoms with Crippen molar-refractivity contribution in [1.82, 2.24) is 0 Å². The van der Waals surface area contributed by atoms with Crippen molar-refractivity contribution in [3.05, 3.63) is 0 Å². The standard InChI is InChI=1S/C6H11O6/c1-2(7)3(8)4(9)5(10)6(11)12/h2-5,7-10H,1H3/t2-,3-,4+,5-/m1/s1. The molecule has 0 amide bonds. The minimum atomic E-state index is -2.20. The number of carbonyl (C=O) groups excluding carboxylic acids is 1. The first-order valence-electron chi connectivity index (χ1n) is 3.31. The van der Waals surface area contributed by atoms with Gasteiger partial charge in [0.25, 0.3) is 0 Å². The summed E-state index contributed by atoms with van der Waals surface area (Å²) in [5.41, 5.74) is 0. The minimum absolute atomic E-state index is 1.15. The van der Waals surface area contributed by atoms with Gasteiger partial charge in [0.2, 0.25) is 0 Å². The smallest absolute Gasteiger partial charge is 0.386 e. The van der Waals surface area contributed by atoms with Crippen LogP contribution in [-0.4, -0.2) is 50.8 Å². The van der Waals surface area contributed by atoms with E-state index in [0.29, 0.717) is 0 Å². The zero-order chi connectivity index (χ0) is 9.89. The highest BCUT2D eigenvalue weighted by Crippen LogP contribution is 2.04. The van der Waals surface area contributed by atoms with Crippen LogP contribution in [-0.2, 0) is 9.90 Å². The summed E-state index contributed by atoms with van der Waals surface area (Å²) >= 11 is 0. The molecule has 0 spiro atoms. The molecule has 0 fully saturated rings. The average Bonchev–Trinajstić information content (AvgIpc) is 2.00. The Hall–Kier alpha value is -0.690. The van der Waals surface area contributed by atoms with Crippen molar-refractivity contribution in [2.45, 2.75) is 31.3 Å². The maximum absolute atomic E-state index is 9.95. The highest BCUT2D eigenvalue weighted by atomic mass is 16.4. The van der Waals surface area contributed by atoms with Crippen LogP contribution in [0.25, 0.3) is 0 Å². The molecule has 4 N–H and O–H groups in total. The van der Waals surface area contributed by atoms with Gasteiger partial charge < -0.3 is 20.4 Å². The van der Waals surface area contributed by atoms with Crippen LogP contribution in [0.3, 0.4) is 0 Å². The summed E-state index contributed by atoms with van der Waals surface area (Å²) in [4.78, 5) is 9.95. The molecule has 0 rings (SSSR count). The predicted octanol–water partition coefficient (Wildman–Crippen LogP) is -2.59. The fourth-order valence-corrected chi connectivity index (χ4v) is 0.612. The van der Waals surface area contributed by atoms with E-state index >= 15 is 0 Å². The molecule has 0 aliphatic heterocycles. The van der Waals surface area contributed by atoms with Crippen molar-refractivity contribution in [3.8, 4) is 0 Å². The highest BCUT2D eigenvalue weighted by Gasteiger charge is 2.33. The molecule has 0 aromatic rings. The summed E-state index contributed by atoms with van der Waals surface area (Å²) in [6.45, 7) is 1.15. The van der Waals surface area contributed by atoms with Crippen LogP contribution in [0.1, 0.15) is 6.92 Å². The van der Waals surface area contributed by atoms with E-state index in [0.717, 1.165) is 6.92 Å². The van der Waals surface area contributed by atoms with Crippen LogP contribution < -0.4 is 0 Å². The van der Waals surface area contributed by atoms with Gasteiger partial charge in [0.05, 0.1) is 6.10 Å². The van der Waals surface area contributed by atoms with E-state index in [1.807, 2.05) is 0 Å². The van der Waals surface area contributed by atoms with E-state index in [2.05, 4.69) is 0 Å². The van der Waals surface area contributed by atoms with Crippen molar-refractivity contribution in [2.75, 3.05) is 0 Å². The van der Waals surface area contributed by atoms with Crippen LogP contribution in [0.4, 0.5) is 0 Å². The van der Waals surface area contributed by atoms with Crippen LogP contribution in [0, 0.1) is 0 Å². The van der Waals surface area contributed by atoms with Crippen molar-refractivity contribution in [3.63, 3.8) is 0 Å². The number of rotatable bonds is 4. The molecule has 4 atom stereocenters. The van der Waals surface area contributed by atoms with Gasteiger partial charge in [-0.25, -0.2) is 9.90 Å². The quantitative estimate of drug-likeness (QED) is 0.377. The van der Waals surface area contributed by atoms with E-state index < -0.39 is 30.4 Å². The monoisotopic (exact) mass is 179 g/mol. The van der Waals surface area contributed by atoms with E-state index in [-0.39, 0.29) is 0 Å². The second-order valence-electron chi connectivity index (χ2n) is 2.49. The Labute approximate surface area is 68.7 Å². The Bertz CT molecular complexity index is 156. The van der Waals surface area contributed by atoms with Crippen molar-refractivity contribution in [2.24, 2.45) is 0 Å². The van der Waals surface area contributed by atoms with Crippen molar-refractivity contribution < 1.29 is 30.3 Å². The molecule has 0 aliphatic carbocycles. The van der Waals surface area contributed by atoms with Crippen LogP contribution in [0.5, 0.6) is 0 Å².